The predicted octanol–water partition coefficient (Wildman–Crippen LogP) is 2.16. The molecule has 2 heterocycles. The second-order valence-electron chi connectivity index (χ2n) is 3.21. The summed E-state index contributed by atoms with van der Waals surface area (Å²) in [7, 11) is 0. The van der Waals surface area contributed by atoms with Crippen LogP contribution in [0.25, 0.3) is 10.2 Å². The maximum absolute atomic E-state index is 12.1. The molecule has 86 valence electrons. The average molecular weight is 248 g/mol. The minimum absolute atomic E-state index is 0.257. The average Bonchev–Trinajstić information content (AvgIpc) is 2.58. The number of aliphatic hydroxyl groups is 1. The van der Waals surface area contributed by atoms with Crippen LogP contribution < -0.4 is 0 Å². The Labute approximate surface area is 92.6 Å². The number of thiazole rings is 1. The van der Waals surface area contributed by atoms with Crippen LogP contribution in [0.4, 0.5) is 13.2 Å². The fourth-order valence-electron chi connectivity index (χ4n) is 1.20. The summed E-state index contributed by atoms with van der Waals surface area (Å²) in [6, 6.07) is 1.68. The van der Waals surface area contributed by atoms with Crippen LogP contribution in [0.2, 0.25) is 0 Å². The van der Waals surface area contributed by atoms with E-state index in [1.165, 1.54) is 6.20 Å². The summed E-state index contributed by atoms with van der Waals surface area (Å²) in [5.41, 5.74) is 0.553. The van der Waals surface area contributed by atoms with E-state index in [9.17, 15) is 13.2 Å². The normalized spacial score (nSPS) is 14.2. The van der Waals surface area contributed by atoms with Gasteiger partial charge in [0.15, 0.2) is 6.10 Å². The predicted molar refractivity (Wildman–Crippen MR) is 53.2 cm³/mol. The van der Waals surface area contributed by atoms with Crippen molar-refractivity contribution < 1.29 is 18.3 Å². The molecule has 0 aliphatic carbocycles. The zero-order valence-corrected chi connectivity index (χ0v) is 8.72. The van der Waals surface area contributed by atoms with Gasteiger partial charge in [-0.25, -0.2) is 4.98 Å². The lowest BCUT2D eigenvalue weighted by Crippen LogP contribution is -2.30. The number of rotatable bonds is 2. The van der Waals surface area contributed by atoms with E-state index in [2.05, 4.69) is 9.97 Å². The van der Waals surface area contributed by atoms with E-state index in [1.807, 2.05) is 0 Å². The van der Waals surface area contributed by atoms with Crippen LogP contribution in [0.5, 0.6) is 0 Å². The standard InChI is InChI=1S/C9H7F3N2OS/c10-9(11,12)7(15)3-8-14-5-4-13-2-1-6(5)16-8/h1-2,4,7,15H,3H2. The van der Waals surface area contributed by atoms with E-state index in [1.54, 1.807) is 12.3 Å². The van der Waals surface area contributed by atoms with Crippen LogP contribution in [-0.4, -0.2) is 27.4 Å². The van der Waals surface area contributed by atoms with Gasteiger partial charge in [0.2, 0.25) is 0 Å². The van der Waals surface area contributed by atoms with Crippen molar-refractivity contribution in [3.05, 3.63) is 23.5 Å². The first-order valence-corrected chi connectivity index (χ1v) is 5.22. The topological polar surface area (TPSA) is 46.0 Å². The number of aliphatic hydroxyl groups excluding tert-OH is 1. The summed E-state index contributed by atoms with van der Waals surface area (Å²) < 4.78 is 37.1. The maximum Gasteiger partial charge on any atom is 0.414 e. The molecule has 0 radical (unpaired) electrons. The molecule has 7 heteroatoms. The maximum atomic E-state index is 12.1. The summed E-state index contributed by atoms with van der Waals surface area (Å²) >= 11 is 1.13. The second-order valence-corrected chi connectivity index (χ2v) is 4.33. The van der Waals surface area contributed by atoms with Crippen molar-refractivity contribution in [1.82, 2.24) is 9.97 Å². The van der Waals surface area contributed by atoms with Gasteiger partial charge in [-0.05, 0) is 6.07 Å². The number of fused-ring (bicyclic) bond motifs is 1. The Bertz CT molecular complexity index is 464. The Balaban J connectivity index is 2.22. The SMILES string of the molecule is OC(Cc1nc2cnccc2s1)C(F)(F)F. The number of halogens is 3. The molecule has 3 nitrogen and oxygen atoms in total. The molecule has 1 atom stereocenters. The molecule has 2 rings (SSSR count). The third-order valence-electron chi connectivity index (χ3n) is 1.98. The zero-order valence-electron chi connectivity index (χ0n) is 7.90. The van der Waals surface area contributed by atoms with Crippen molar-refractivity contribution >= 4 is 21.6 Å². The Kier molecular flexibility index (Phi) is 2.81. The van der Waals surface area contributed by atoms with Crippen LogP contribution in [0.1, 0.15) is 5.01 Å². The first kappa shape index (κ1) is 11.3. The minimum Gasteiger partial charge on any atom is -0.383 e. The highest BCUT2D eigenvalue weighted by Crippen LogP contribution is 2.26. The van der Waals surface area contributed by atoms with Gasteiger partial charge in [-0.3, -0.25) is 4.98 Å². The van der Waals surface area contributed by atoms with E-state index in [4.69, 9.17) is 5.11 Å². The molecule has 0 aliphatic heterocycles. The molecule has 0 saturated heterocycles. The van der Waals surface area contributed by atoms with Crippen molar-refractivity contribution in [2.24, 2.45) is 0 Å². The molecule has 0 fully saturated rings. The van der Waals surface area contributed by atoms with E-state index >= 15 is 0 Å². The van der Waals surface area contributed by atoms with Gasteiger partial charge < -0.3 is 5.11 Å². The largest absolute Gasteiger partial charge is 0.414 e. The van der Waals surface area contributed by atoms with E-state index < -0.39 is 18.7 Å². The van der Waals surface area contributed by atoms with Gasteiger partial charge in [0.05, 0.1) is 21.4 Å². The van der Waals surface area contributed by atoms with Gasteiger partial charge >= 0.3 is 6.18 Å². The highest BCUT2D eigenvalue weighted by atomic mass is 32.1. The van der Waals surface area contributed by atoms with Gasteiger partial charge in [-0.1, -0.05) is 0 Å². The summed E-state index contributed by atoms with van der Waals surface area (Å²) in [5, 5.41) is 9.15. The number of alkyl halides is 3. The van der Waals surface area contributed by atoms with Crippen molar-refractivity contribution in [3.8, 4) is 0 Å². The van der Waals surface area contributed by atoms with Gasteiger partial charge in [0.25, 0.3) is 0 Å². The molecule has 16 heavy (non-hydrogen) atoms. The van der Waals surface area contributed by atoms with E-state index in [0.717, 1.165) is 16.0 Å². The third kappa shape index (κ3) is 2.30. The summed E-state index contributed by atoms with van der Waals surface area (Å²) in [4.78, 5) is 7.78. The Morgan fingerprint density at radius 2 is 2.19 bits per heavy atom. The number of aromatic nitrogens is 2. The molecule has 1 N–H and O–H groups in total. The number of hydrogen-bond acceptors (Lipinski definition) is 4. The van der Waals surface area contributed by atoms with Gasteiger partial charge in [-0.2, -0.15) is 13.2 Å². The first-order chi connectivity index (χ1) is 7.47. The van der Waals surface area contributed by atoms with Crippen molar-refractivity contribution in [2.45, 2.75) is 18.7 Å². The van der Waals surface area contributed by atoms with E-state index in [0.29, 0.717) is 5.52 Å². The molecule has 0 spiro atoms. The second kappa shape index (κ2) is 3.99. The van der Waals surface area contributed by atoms with Crippen molar-refractivity contribution in [1.29, 1.82) is 0 Å². The molecular formula is C9H7F3N2OS. The third-order valence-corrected chi connectivity index (χ3v) is 3.04. The Hall–Kier alpha value is -1.21. The number of nitrogens with zero attached hydrogens (tertiary/aromatic N) is 2. The van der Waals surface area contributed by atoms with Crippen LogP contribution >= 0.6 is 11.3 Å². The summed E-state index contributed by atoms with van der Waals surface area (Å²) in [5.74, 6) is 0. The summed E-state index contributed by atoms with van der Waals surface area (Å²) in [6.45, 7) is 0. The fraction of sp³-hybridized carbons (Fsp3) is 0.333. The molecule has 0 saturated carbocycles. The minimum atomic E-state index is -4.60. The van der Waals surface area contributed by atoms with E-state index in [-0.39, 0.29) is 5.01 Å². The molecule has 0 aliphatic rings. The van der Waals surface area contributed by atoms with Crippen LogP contribution in [-0.2, 0) is 6.42 Å². The highest BCUT2D eigenvalue weighted by Gasteiger charge is 2.38. The molecule has 0 bridgehead atoms. The lowest BCUT2D eigenvalue weighted by Gasteiger charge is -2.12. The smallest absolute Gasteiger partial charge is 0.383 e. The zero-order chi connectivity index (χ0) is 11.8. The molecule has 0 aromatic carbocycles. The molecule has 0 amide bonds. The molecule has 2 aromatic rings. The Morgan fingerprint density at radius 3 is 2.81 bits per heavy atom. The molecular weight excluding hydrogens is 241 g/mol. The quantitative estimate of drug-likeness (QED) is 0.885. The fourth-order valence-corrected chi connectivity index (χ4v) is 2.17. The number of hydrogen-bond donors (Lipinski definition) is 1. The summed E-state index contributed by atoms with van der Waals surface area (Å²) in [6.07, 6.45) is -4.44. The lowest BCUT2D eigenvalue weighted by molar-refractivity contribution is -0.203. The molecule has 2 aromatic heterocycles. The van der Waals surface area contributed by atoms with Crippen LogP contribution in [0, 0.1) is 0 Å². The van der Waals surface area contributed by atoms with Crippen LogP contribution in [0.3, 0.4) is 0 Å². The van der Waals surface area contributed by atoms with Crippen LogP contribution in [0.15, 0.2) is 18.5 Å². The van der Waals surface area contributed by atoms with Crippen molar-refractivity contribution in [2.75, 3.05) is 0 Å². The van der Waals surface area contributed by atoms with Gasteiger partial charge in [-0.15, -0.1) is 11.3 Å². The monoisotopic (exact) mass is 248 g/mol. The van der Waals surface area contributed by atoms with Gasteiger partial charge in [0.1, 0.15) is 0 Å². The Morgan fingerprint density at radius 1 is 1.44 bits per heavy atom. The first-order valence-electron chi connectivity index (χ1n) is 4.41. The molecule has 1 unspecified atom stereocenters. The van der Waals surface area contributed by atoms with Gasteiger partial charge in [0, 0.05) is 12.6 Å². The van der Waals surface area contributed by atoms with Crippen molar-refractivity contribution in [3.63, 3.8) is 0 Å². The highest BCUT2D eigenvalue weighted by molar-refractivity contribution is 7.18. The lowest BCUT2D eigenvalue weighted by atomic mass is 10.2. The number of pyridine rings is 1.